The van der Waals surface area contributed by atoms with Gasteiger partial charge in [-0.3, -0.25) is 4.90 Å². The molecule has 1 spiro atoms. The summed E-state index contributed by atoms with van der Waals surface area (Å²) in [6.07, 6.45) is 2.80. The molecule has 2 aliphatic heterocycles. The van der Waals surface area contributed by atoms with E-state index in [1.807, 2.05) is 57.4 Å². The number of likely N-dealkylation sites (tertiary alicyclic amines) is 1. The number of benzene rings is 2. The van der Waals surface area contributed by atoms with Crippen molar-refractivity contribution in [2.75, 3.05) is 33.8 Å². The second-order valence-corrected chi connectivity index (χ2v) is 10.3. The third kappa shape index (κ3) is 5.46. The Labute approximate surface area is 196 Å². The van der Waals surface area contributed by atoms with Crippen molar-refractivity contribution in [2.45, 2.75) is 56.6 Å². The van der Waals surface area contributed by atoms with E-state index in [1.165, 1.54) is 0 Å². The molecule has 2 fully saturated rings. The highest BCUT2D eigenvalue weighted by Crippen LogP contribution is 2.40. The van der Waals surface area contributed by atoms with Gasteiger partial charge in [0.15, 0.2) is 0 Å². The van der Waals surface area contributed by atoms with E-state index in [0.29, 0.717) is 13.2 Å². The molecule has 2 aromatic rings. The molecule has 5 nitrogen and oxygen atoms in total. The molecule has 0 bridgehead atoms. The van der Waals surface area contributed by atoms with Crippen molar-refractivity contribution in [2.24, 2.45) is 0 Å². The maximum absolute atomic E-state index is 10.8. The van der Waals surface area contributed by atoms with Gasteiger partial charge in [0, 0.05) is 36.3 Å². The standard InChI is InChI=1S/C26H35ClN2O3/c1-25(30)19-32-26(16-24(25)28(2)3)11-13-29(14-12-26)17-21-15-22(27)9-10-23(21)31-18-20-7-5-4-6-8-20/h4-10,15,24,30H,11-14,16-19H2,1-3H3/t24-,25-/m0/s1. The maximum atomic E-state index is 10.8. The summed E-state index contributed by atoms with van der Waals surface area (Å²) in [5.41, 5.74) is 1.31. The molecule has 32 heavy (non-hydrogen) atoms. The molecular formula is C26H35ClN2O3. The van der Waals surface area contributed by atoms with Crippen molar-refractivity contribution in [1.29, 1.82) is 0 Å². The zero-order valence-corrected chi connectivity index (χ0v) is 20.1. The lowest BCUT2D eigenvalue weighted by Gasteiger charge is -2.52. The topological polar surface area (TPSA) is 45.2 Å². The van der Waals surface area contributed by atoms with Crippen molar-refractivity contribution < 1.29 is 14.6 Å². The molecule has 2 saturated heterocycles. The Morgan fingerprint density at radius 1 is 1.16 bits per heavy atom. The van der Waals surface area contributed by atoms with E-state index in [9.17, 15) is 5.11 Å². The lowest BCUT2D eigenvalue weighted by atomic mass is 9.77. The number of aliphatic hydroxyl groups is 1. The Morgan fingerprint density at radius 2 is 1.88 bits per heavy atom. The summed E-state index contributed by atoms with van der Waals surface area (Å²) in [6, 6.07) is 16.2. The number of nitrogens with zero attached hydrogens (tertiary/aromatic N) is 2. The average molecular weight is 459 g/mol. The zero-order valence-electron chi connectivity index (χ0n) is 19.4. The van der Waals surface area contributed by atoms with E-state index >= 15 is 0 Å². The van der Waals surface area contributed by atoms with Crippen LogP contribution >= 0.6 is 11.6 Å². The van der Waals surface area contributed by atoms with Gasteiger partial charge in [0.1, 0.15) is 18.0 Å². The van der Waals surface area contributed by atoms with Crippen molar-refractivity contribution in [1.82, 2.24) is 9.80 Å². The number of halogens is 1. The second kappa shape index (κ2) is 9.70. The Balaban J connectivity index is 1.38. The molecular weight excluding hydrogens is 424 g/mol. The minimum Gasteiger partial charge on any atom is -0.489 e. The molecule has 1 N–H and O–H groups in total. The number of likely N-dealkylation sites (N-methyl/N-ethyl adjacent to an activating group) is 1. The van der Waals surface area contributed by atoms with Gasteiger partial charge >= 0.3 is 0 Å². The first-order chi connectivity index (χ1) is 15.3. The van der Waals surface area contributed by atoms with Crippen LogP contribution in [0.25, 0.3) is 0 Å². The summed E-state index contributed by atoms with van der Waals surface area (Å²) in [5.74, 6) is 0.885. The summed E-state index contributed by atoms with van der Waals surface area (Å²) in [5, 5.41) is 11.5. The fourth-order valence-electron chi connectivity index (χ4n) is 5.02. The summed E-state index contributed by atoms with van der Waals surface area (Å²) < 4.78 is 12.4. The molecule has 0 saturated carbocycles. The molecule has 0 radical (unpaired) electrons. The van der Waals surface area contributed by atoms with E-state index in [1.54, 1.807) is 0 Å². The summed E-state index contributed by atoms with van der Waals surface area (Å²) in [4.78, 5) is 4.59. The van der Waals surface area contributed by atoms with Gasteiger partial charge in [-0.1, -0.05) is 41.9 Å². The van der Waals surface area contributed by atoms with Gasteiger partial charge in [0.25, 0.3) is 0 Å². The van der Waals surface area contributed by atoms with Crippen LogP contribution in [-0.2, 0) is 17.9 Å². The van der Waals surface area contributed by atoms with Crippen molar-refractivity contribution in [3.05, 3.63) is 64.7 Å². The molecule has 2 heterocycles. The van der Waals surface area contributed by atoms with Gasteiger partial charge in [-0.25, -0.2) is 0 Å². The predicted molar refractivity (Wildman–Crippen MR) is 128 cm³/mol. The predicted octanol–water partition coefficient (Wildman–Crippen LogP) is 4.36. The number of ether oxygens (including phenoxy) is 2. The van der Waals surface area contributed by atoms with E-state index in [2.05, 4.69) is 21.9 Å². The Kier molecular flexibility index (Phi) is 7.13. The van der Waals surface area contributed by atoms with E-state index in [0.717, 1.165) is 60.8 Å². The van der Waals surface area contributed by atoms with Crippen molar-refractivity contribution in [3.63, 3.8) is 0 Å². The van der Waals surface area contributed by atoms with Crippen LogP contribution in [0.2, 0.25) is 5.02 Å². The van der Waals surface area contributed by atoms with Gasteiger partial charge in [0.05, 0.1) is 12.2 Å². The lowest BCUT2D eigenvalue weighted by Crippen LogP contribution is -2.62. The zero-order chi connectivity index (χ0) is 22.8. The SMILES string of the molecule is CN(C)[C@H]1CC2(CCN(Cc3cc(Cl)ccc3OCc3ccccc3)CC2)OC[C@]1(C)O. The fraction of sp³-hybridized carbons (Fsp3) is 0.538. The van der Waals surface area contributed by atoms with Crippen LogP contribution in [0.3, 0.4) is 0 Å². The number of hydrogen-bond acceptors (Lipinski definition) is 5. The highest BCUT2D eigenvalue weighted by atomic mass is 35.5. The third-order valence-electron chi connectivity index (χ3n) is 7.00. The van der Waals surface area contributed by atoms with Crippen LogP contribution < -0.4 is 4.74 Å². The van der Waals surface area contributed by atoms with Crippen LogP contribution in [0.4, 0.5) is 0 Å². The summed E-state index contributed by atoms with van der Waals surface area (Å²) >= 11 is 6.32. The van der Waals surface area contributed by atoms with Crippen LogP contribution in [-0.4, -0.2) is 65.9 Å². The quantitative estimate of drug-likeness (QED) is 0.697. The molecule has 2 atom stereocenters. The molecule has 0 unspecified atom stereocenters. The molecule has 0 aliphatic carbocycles. The minimum absolute atomic E-state index is 0.105. The molecule has 2 aromatic carbocycles. The summed E-state index contributed by atoms with van der Waals surface area (Å²) in [7, 11) is 4.09. The van der Waals surface area contributed by atoms with Crippen LogP contribution in [0, 0.1) is 0 Å². The minimum atomic E-state index is -0.808. The van der Waals surface area contributed by atoms with E-state index in [-0.39, 0.29) is 11.6 Å². The van der Waals surface area contributed by atoms with Gasteiger partial charge in [-0.05, 0) is 64.0 Å². The highest BCUT2D eigenvalue weighted by Gasteiger charge is 2.49. The number of hydrogen-bond donors (Lipinski definition) is 1. The number of rotatable bonds is 6. The van der Waals surface area contributed by atoms with Crippen LogP contribution in [0.15, 0.2) is 48.5 Å². The van der Waals surface area contributed by atoms with Crippen LogP contribution in [0.1, 0.15) is 37.3 Å². The lowest BCUT2D eigenvalue weighted by molar-refractivity contribution is -0.207. The van der Waals surface area contributed by atoms with Gasteiger partial charge in [0.2, 0.25) is 0 Å². The second-order valence-electron chi connectivity index (χ2n) is 9.81. The average Bonchev–Trinajstić information content (AvgIpc) is 2.77. The molecule has 6 heteroatoms. The molecule has 0 aromatic heterocycles. The van der Waals surface area contributed by atoms with Crippen molar-refractivity contribution in [3.8, 4) is 5.75 Å². The van der Waals surface area contributed by atoms with Gasteiger partial charge in [-0.15, -0.1) is 0 Å². The van der Waals surface area contributed by atoms with Gasteiger partial charge in [-0.2, -0.15) is 0 Å². The summed E-state index contributed by atoms with van der Waals surface area (Å²) in [6.45, 7) is 5.52. The molecule has 2 aliphatic rings. The maximum Gasteiger partial charge on any atom is 0.124 e. The van der Waals surface area contributed by atoms with E-state index < -0.39 is 5.60 Å². The highest BCUT2D eigenvalue weighted by molar-refractivity contribution is 6.30. The van der Waals surface area contributed by atoms with Crippen LogP contribution in [0.5, 0.6) is 5.75 Å². The number of piperidine rings is 1. The monoisotopic (exact) mass is 458 g/mol. The Hall–Kier alpha value is -1.63. The molecule has 4 rings (SSSR count). The first-order valence-electron chi connectivity index (χ1n) is 11.5. The van der Waals surface area contributed by atoms with Crippen molar-refractivity contribution >= 4 is 11.6 Å². The smallest absolute Gasteiger partial charge is 0.124 e. The van der Waals surface area contributed by atoms with E-state index in [4.69, 9.17) is 21.1 Å². The first-order valence-corrected chi connectivity index (χ1v) is 11.8. The fourth-order valence-corrected chi connectivity index (χ4v) is 5.22. The van der Waals surface area contributed by atoms with Gasteiger partial charge < -0.3 is 19.5 Å². The normalized spacial score (nSPS) is 25.9. The molecule has 0 amide bonds. The largest absolute Gasteiger partial charge is 0.489 e. The Morgan fingerprint density at radius 3 is 2.56 bits per heavy atom. The first kappa shape index (κ1) is 23.5. The Bertz CT molecular complexity index is 895. The third-order valence-corrected chi connectivity index (χ3v) is 7.23. The molecule has 174 valence electrons.